The summed E-state index contributed by atoms with van der Waals surface area (Å²) >= 11 is 0. The summed E-state index contributed by atoms with van der Waals surface area (Å²) in [5, 5.41) is 4.91. The molecule has 3 aromatic rings. The highest BCUT2D eigenvalue weighted by molar-refractivity contribution is 5.82. The Hall–Kier alpha value is -2.56. The Balaban J connectivity index is 2.37. The molecule has 1 aromatic carbocycles. The van der Waals surface area contributed by atoms with E-state index in [1.54, 1.807) is 11.7 Å². The van der Waals surface area contributed by atoms with Gasteiger partial charge in [0.15, 0.2) is 5.52 Å². The zero-order valence-electron chi connectivity index (χ0n) is 9.87. The molecule has 0 radical (unpaired) electrons. The maximum absolute atomic E-state index is 12.1. The molecule has 0 saturated carbocycles. The minimum absolute atomic E-state index is 0.285. The van der Waals surface area contributed by atoms with Gasteiger partial charge in [0.05, 0.1) is 5.69 Å². The van der Waals surface area contributed by atoms with Gasteiger partial charge in [-0.1, -0.05) is 30.3 Å². The topological polar surface area (TPSA) is 65.8 Å². The number of rotatable bonds is 1. The van der Waals surface area contributed by atoms with E-state index in [9.17, 15) is 4.79 Å². The number of nitrogens with zero attached hydrogens (tertiary/aromatic N) is 3. The quantitative estimate of drug-likeness (QED) is 0.648. The van der Waals surface area contributed by atoms with Crippen molar-refractivity contribution < 1.29 is 0 Å². The van der Waals surface area contributed by atoms with E-state index in [1.165, 1.54) is 0 Å². The third-order valence-corrected chi connectivity index (χ3v) is 2.90. The van der Waals surface area contributed by atoms with E-state index in [0.717, 1.165) is 15.6 Å². The van der Waals surface area contributed by atoms with E-state index < -0.39 is 0 Å². The first kappa shape index (κ1) is 10.6. The largest absolute Gasteiger partial charge is 0.336 e. The van der Waals surface area contributed by atoms with Crippen LogP contribution >= 0.6 is 0 Å². The Bertz CT molecular complexity index is 771. The highest BCUT2D eigenvalue weighted by atomic mass is 16.1. The lowest BCUT2D eigenvalue weighted by atomic mass is 10.1. The van der Waals surface area contributed by atoms with E-state index in [4.69, 9.17) is 5.84 Å². The summed E-state index contributed by atoms with van der Waals surface area (Å²) in [6, 6.07) is 11.4. The Morgan fingerprint density at radius 2 is 1.94 bits per heavy atom. The SMILES string of the molecule is Cn1cc2cc(-c3ccccc3)n(N)c(=O)c2n1. The van der Waals surface area contributed by atoms with Gasteiger partial charge in [-0.15, -0.1) is 0 Å². The zero-order chi connectivity index (χ0) is 12.7. The van der Waals surface area contributed by atoms with Gasteiger partial charge in [-0.25, -0.2) is 4.68 Å². The van der Waals surface area contributed by atoms with Gasteiger partial charge in [0.1, 0.15) is 0 Å². The molecule has 0 bridgehead atoms. The van der Waals surface area contributed by atoms with E-state index in [1.807, 2.05) is 42.6 Å². The van der Waals surface area contributed by atoms with Crippen LogP contribution in [0.2, 0.25) is 0 Å². The second-order valence-corrected chi connectivity index (χ2v) is 4.18. The lowest BCUT2D eigenvalue weighted by Crippen LogP contribution is -2.28. The van der Waals surface area contributed by atoms with Crippen LogP contribution in [0, 0.1) is 0 Å². The highest BCUT2D eigenvalue weighted by Crippen LogP contribution is 2.19. The van der Waals surface area contributed by atoms with Crippen molar-refractivity contribution in [2.75, 3.05) is 5.84 Å². The van der Waals surface area contributed by atoms with Gasteiger partial charge < -0.3 is 5.84 Å². The summed E-state index contributed by atoms with van der Waals surface area (Å²) in [6.45, 7) is 0. The summed E-state index contributed by atoms with van der Waals surface area (Å²) in [5.41, 5.74) is 1.69. The number of aryl methyl sites for hydroxylation is 1. The Kier molecular flexibility index (Phi) is 2.19. The predicted molar refractivity (Wildman–Crippen MR) is 70.6 cm³/mol. The highest BCUT2D eigenvalue weighted by Gasteiger charge is 2.11. The predicted octanol–water partition coefficient (Wildman–Crippen LogP) is 1.12. The summed E-state index contributed by atoms with van der Waals surface area (Å²) in [7, 11) is 1.78. The van der Waals surface area contributed by atoms with Gasteiger partial charge in [-0.05, 0) is 6.07 Å². The standard InChI is InChI=1S/C13H12N4O/c1-16-8-10-7-11(9-5-3-2-4-6-9)17(14)13(18)12(10)15-16/h2-8H,14H2,1H3. The van der Waals surface area contributed by atoms with Crippen molar-refractivity contribution in [1.82, 2.24) is 14.5 Å². The van der Waals surface area contributed by atoms with Crippen LogP contribution < -0.4 is 11.4 Å². The van der Waals surface area contributed by atoms with Gasteiger partial charge >= 0.3 is 0 Å². The number of nitrogens with two attached hydrogens (primary N) is 1. The molecule has 18 heavy (non-hydrogen) atoms. The molecular weight excluding hydrogens is 228 g/mol. The van der Waals surface area contributed by atoms with Gasteiger partial charge in [0.25, 0.3) is 5.56 Å². The molecule has 3 rings (SSSR count). The molecule has 2 aromatic heterocycles. The fourth-order valence-corrected chi connectivity index (χ4v) is 2.05. The molecule has 0 fully saturated rings. The van der Waals surface area contributed by atoms with Crippen molar-refractivity contribution in [3.8, 4) is 11.3 Å². The molecule has 2 N–H and O–H groups in total. The van der Waals surface area contributed by atoms with Crippen LogP contribution in [0.4, 0.5) is 0 Å². The van der Waals surface area contributed by atoms with Crippen molar-refractivity contribution in [3.05, 3.63) is 52.9 Å². The maximum atomic E-state index is 12.1. The van der Waals surface area contributed by atoms with Crippen LogP contribution in [-0.4, -0.2) is 14.5 Å². The molecular formula is C13H12N4O. The first-order valence-corrected chi connectivity index (χ1v) is 5.57. The van der Waals surface area contributed by atoms with E-state index in [-0.39, 0.29) is 5.56 Å². The normalized spacial score (nSPS) is 10.9. The van der Waals surface area contributed by atoms with Crippen LogP contribution in [0.25, 0.3) is 22.2 Å². The Morgan fingerprint density at radius 3 is 2.67 bits per heavy atom. The van der Waals surface area contributed by atoms with E-state index in [0.29, 0.717) is 11.2 Å². The molecule has 0 aliphatic heterocycles. The van der Waals surface area contributed by atoms with Gasteiger partial charge in [0, 0.05) is 24.2 Å². The number of pyridine rings is 1. The van der Waals surface area contributed by atoms with Crippen molar-refractivity contribution >= 4 is 10.9 Å². The molecule has 0 atom stereocenters. The van der Waals surface area contributed by atoms with E-state index >= 15 is 0 Å². The molecule has 0 aliphatic carbocycles. The van der Waals surface area contributed by atoms with Crippen molar-refractivity contribution in [2.24, 2.45) is 7.05 Å². The zero-order valence-corrected chi connectivity index (χ0v) is 9.87. The van der Waals surface area contributed by atoms with E-state index in [2.05, 4.69) is 5.10 Å². The Morgan fingerprint density at radius 1 is 1.22 bits per heavy atom. The lowest BCUT2D eigenvalue weighted by Gasteiger charge is -2.07. The first-order chi connectivity index (χ1) is 8.66. The second-order valence-electron chi connectivity index (χ2n) is 4.18. The molecule has 5 heteroatoms. The maximum Gasteiger partial charge on any atom is 0.297 e. The summed E-state index contributed by atoms with van der Waals surface area (Å²) in [5.74, 6) is 5.84. The van der Waals surface area contributed by atoms with Crippen LogP contribution in [0.15, 0.2) is 47.4 Å². The number of hydrogen-bond donors (Lipinski definition) is 1. The molecule has 0 spiro atoms. The number of hydrogen-bond acceptors (Lipinski definition) is 3. The fourth-order valence-electron chi connectivity index (χ4n) is 2.05. The molecule has 0 aliphatic rings. The van der Waals surface area contributed by atoms with Crippen molar-refractivity contribution in [2.45, 2.75) is 0 Å². The number of benzene rings is 1. The third-order valence-electron chi connectivity index (χ3n) is 2.90. The molecule has 2 heterocycles. The van der Waals surface area contributed by atoms with Crippen LogP contribution in [0.3, 0.4) is 0 Å². The van der Waals surface area contributed by atoms with Crippen LogP contribution in [0.1, 0.15) is 0 Å². The summed E-state index contributed by atoms with van der Waals surface area (Å²) in [6.07, 6.45) is 1.81. The monoisotopic (exact) mass is 240 g/mol. The van der Waals surface area contributed by atoms with Gasteiger partial charge in [-0.3, -0.25) is 9.48 Å². The number of nitrogen functional groups attached to an aromatic ring is 1. The molecule has 5 nitrogen and oxygen atoms in total. The summed E-state index contributed by atoms with van der Waals surface area (Å²) < 4.78 is 2.76. The minimum Gasteiger partial charge on any atom is -0.336 e. The number of aromatic nitrogens is 3. The molecule has 0 unspecified atom stereocenters. The Labute approximate surface area is 103 Å². The third kappa shape index (κ3) is 1.48. The van der Waals surface area contributed by atoms with Crippen molar-refractivity contribution in [3.63, 3.8) is 0 Å². The smallest absolute Gasteiger partial charge is 0.297 e. The van der Waals surface area contributed by atoms with Crippen LogP contribution in [0.5, 0.6) is 0 Å². The molecule has 90 valence electrons. The van der Waals surface area contributed by atoms with Gasteiger partial charge in [0.2, 0.25) is 0 Å². The average Bonchev–Trinajstić information content (AvgIpc) is 2.76. The van der Waals surface area contributed by atoms with Crippen molar-refractivity contribution in [1.29, 1.82) is 0 Å². The summed E-state index contributed by atoms with van der Waals surface area (Å²) in [4.78, 5) is 12.1. The lowest BCUT2D eigenvalue weighted by molar-refractivity contribution is 0.776. The number of fused-ring (bicyclic) bond motifs is 1. The van der Waals surface area contributed by atoms with Gasteiger partial charge in [-0.2, -0.15) is 5.10 Å². The van der Waals surface area contributed by atoms with Crippen LogP contribution in [-0.2, 0) is 7.05 Å². The average molecular weight is 240 g/mol. The minimum atomic E-state index is -0.285. The second kappa shape index (κ2) is 3.73. The molecule has 0 saturated heterocycles. The molecule has 0 amide bonds. The first-order valence-electron chi connectivity index (χ1n) is 5.57. The fraction of sp³-hybridized carbons (Fsp3) is 0.0769.